The molecule has 0 spiro atoms. The Hall–Kier alpha value is -2.11. The van der Waals surface area contributed by atoms with Crippen LogP contribution >= 0.6 is 0 Å². The number of likely N-dealkylation sites (tertiary alicyclic amines) is 1. The zero-order valence-electron chi connectivity index (χ0n) is 15.1. The first-order valence-electron chi connectivity index (χ1n) is 8.87. The van der Waals surface area contributed by atoms with Gasteiger partial charge in [0.05, 0.1) is 5.60 Å². The highest BCUT2D eigenvalue weighted by Crippen LogP contribution is 2.24. The number of likely N-dealkylation sites (N-methyl/N-ethyl adjacent to an activating group) is 1. The number of rotatable bonds is 4. The Morgan fingerprint density at radius 2 is 1.80 bits per heavy atom. The molecule has 2 heterocycles. The third-order valence-electron chi connectivity index (χ3n) is 4.83. The fourth-order valence-corrected chi connectivity index (χ4v) is 3.59. The van der Waals surface area contributed by atoms with Crippen LogP contribution in [-0.4, -0.2) is 64.7 Å². The normalized spacial score (nSPS) is 21.4. The van der Waals surface area contributed by atoms with Crippen LogP contribution in [0.4, 0.5) is 0 Å². The van der Waals surface area contributed by atoms with Crippen LogP contribution in [0.1, 0.15) is 29.6 Å². The van der Waals surface area contributed by atoms with Gasteiger partial charge in [-0.2, -0.15) is 0 Å². The summed E-state index contributed by atoms with van der Waals surface area (Å²) in [4.78, 5) is 16.7. The van der Waals surface area contributed by atoms with Crippen molar-refractivity contribution in [2.75, 3.05) is 33.7 Å². The van der Waals surface area contributed by atoms with E-state index in [1.165, 1.54) is 0 Å². The van der Waals surface area contributed by atoms with E-state index in [2.05, 4.69) is 0 Å². The molecule has 0 aliphatic carbocycles. The van der Waals surface area contributed by atoms with Gasteiger partial charge in [-0.15, -0.1) is 0 Å². The minimum Gasteiger partial charge on any atom is -0.388 e. The predicted molar refractivity (Wildman–Crippen MR) is 99.0 cm³/mol. The van der Waals surface area contributed by atoms with Gasteiger partial charge in [0.15, 0.2) is 0 Å². The Kier molecular flexibility index (Phi) is 5.25. The Morgan fingerprint density at radius 3 is 2.44 bits per heavy atom. The molecule has 1 atom stereocenters. The maximum absolute atomic E-state index is 12.8. The maximum atomic E-state index is 12.8. The molecule has 25 heavy (non-hydrogen) atoms. The molecule has 3 rings (SSSR count). The lowest BCUT2D eigenvalue weighted by Crippen LogP contribution is -2.41. The second kappa shape index (κ2) is 7.42. The van der Waals surface area contributed by atoms with Crippen molar-refractivity contribution >= 4 is 5.91 Å². The number of hydrogen-bond acceptors (Lipinski definition) is 3. The van der Waals surface area contributed by atoms with Crippen molar-refractivity contribution in [3.63, 3.8) is 0 Å². The first kappa shape index (κ1) is 17.7. The molecule has 5 heteroatoms. The van der Waals surface area contributed by atoms with Crippen LogP contribution in [0, 0.1) is 0 Å². The number of aromatic nitrogens is 1. The van der Waals surface area contributed by atoms with Gasteiger partial charge in [-0.25, -0.2) is 0 Å². The molecule has 1 aliphatic heterocycles. The molecule has 0 saturated carbocycles. The predicted octanol–water partition coefficient (Wildman–Crippen LogP) is 2.40. The van der Waals surface area contributed by atoms with Crippen LogP contribution in [-0.2, 0) is 0 Å². The first-order valence-corrected chi connectivity index (χ1v) is 8.87. The summed E-state index contributed by atoms with van der Waals surface area (Å²) in [6, 6.07) is 11.7. The number of aliphatic hydroxyl groups is 1. The van der Waals surface area contributed by atoms with E-state index in [-0.39, 0.29) is 5.91 Å². The molecule has 1 N–H and O–H groups in total. The zero-order valence-corrected chi connectivity index (χ0v) is 15.1. The third-order valence-corrected chi connectivity index (χ3v) is 4.83. The number of benzene rings is 1. The smallest absolute Gasteiger partial charge is 0.253 e. The topological polar surface area (TPSA) is 48.7 Å². The van der Waals surface area contributed by atoms with E-state index >= 15 is 0 Å². The van der Waals surface area contributed by atoms with Crippen molar-refractivity contribution in [1.29, 1.82) is 0 Å². The molecule has 0 radical (unpaired) electrons. The fraction of sp³-hybridized carbons (Fsp3) is 0.450. The summed E-state index contributed by atoms with van der Waals surface area (Å²) in [7, 11) is 3.94. The van der Waals surface area contributed by atoms with Gasteiger partial charge < -0.3 is 19.5 Å². The number of hydrogen-bond donors (Lipinski definition) is 1. The number of nitrogens with zero attached hydrogens (tertiary/aromatic N) is 3. The van der Waals surface area contributed by atoms with Crippen LogP contribution in [0.15, 0.2) is 48.8 Å². The molecule has 1 fully saturated rings. The molecule has 134 valence electrons. The van der Waals surface area contributed by atoms with Crippen molar-refractivity contribution in [3.8, 4) is 5.69 Å². The van der Waals surface area contributed by atoms with Gasteiger partial charge in [-0.1, -0.05) is 0 Å². The van der Waals surface area contributed by atoms with Crippen molar-refractivity contribution in [2.24, 2.45) is 0 Å². The first-order chi connectivity index (χ1) is 12.0. The number of amides is 1. The van der Waals surface area contributed by atoms with E-state index in [4.69, 9.17) is 0 Å². The van der Waals surface area contributed by atoms with Crippen LogP contribution in [0.5, 0.6) is 0 Å². The molecule has 1 amide bonds. The minimum absolute atomic E-state index is 0.0492. The fourth-order valence-electron chi connectivity index (χ4n) is 3.59. The average Bonchev–Trinajstić information content (AvgIpc) is 3.05. The van der Waals surface area contributed by atoms with Crippen LogP contribution in [0.3, 0.4) is 0 Å². The average molecular weight is 341 g/mol. The van der Waals surface area contributed by atoms with Crippen molar-refractivity contribution in [2.45, 2.75) is 24.9 Å². The van der Waals surface area contributed by atoms with Gasteiger partial charge in [0.25, 0.3) is 5.91 Å². The Labute approximate surface area is 149 Å². The number of carbonyl (C=O) groups is 1. The molecule has 1 aromatic heterocycles. The summed E-state index contributed by atoms with van der Waals surface area (Å²) >= 11 is 0. The van der Waals surface area contributed by atoms with Gasteiger partial charge in [-0.05, 0) is 69.8 Å². The summed E-state index contributed by atoms with van der Waals surface area (Å²) in [5, 5.41) is 10.8. The van der Waals surface area contributed by atoms with Gasteiger partial charge in [0, 0.05) is 43.3 Å². The standard InChI is InChI=1S/C20H27N3O2/c1-21(2)16-20(25)10-5-14-23(15-11-20)19(24)17-6-8-18(9-7-17)22-12-3-4-13-22/h3-4,6-9,12-13,25H,5,10-11,14-16H2,1-2H3/t20-/m1/s1. The van der Waals surface area contributed by atoms with E-state index in [9.17, 15) is 9.90 Å². The van der Waals surface area contributed by atoms with Gasteiger partial charge in [0.1, 0.15) is 0 Å². The summed E-state index contributed by atoms with van der Waals surface area (Å²) < 4.78 is 2.02. The molecule has 5 nitrogen and oxygen atoms in total. The summed E-state index contributed by atoms with van der Waals surface area (Å²) in [5.74, 6) is 0.0492. The molecular formula is C20H27N3O2. The number of carbonyl (C=O) groups excluding carboxylic acids is 1. The summed E-state index contributed by atoms with van der Waals surface area (Å²) in [6.07, 6.45) is 6.16. The SMILES string of the molecule is CN(C)C[C@@]1(O)CCCN(C(=O)c2ccc(-n3cccc3)cc2)CC1. The zero-order chi connectivity index (χ0) is 17.9. The highest BCUT2D eigenvalue weighted by molar-refractivity contribution is 5.94. The third kappa shape index (κ3) is 4.30. The molecule has 1 aromatic carbocycles. The van der Waals surface area contributed by atoms with E-state index in [1.54, 1.807) is 0 Å². The quantitative estimate of drug-likeness (QED) is 0.929. The van der Waals surface area contributed by atoms with Crippen molar-refractivity contribution in [3.05, 3.63) is 54.4 Å². The molecule has 1 aliphatic rings. The van der Waals surface area contributed by atoms with Gasteiger partial charge >= 0.3 is 0 Å². The monoisotopic (exact) mass is 341 g/mol. The minimum atomic E-state index is -0.698. The van der Waals surface area contributed by atoms with Crippen LogP contribution in [0.2, 0.25) is 0 Å². The summed E-state index contributed by atoms with van der Waals surface area (Å²) in [5.41, 5.74) is 1.04. The second-order valence-corrected chi connectivity index (χ2v) is 7.25. The second-order valence-electron chi connectivity index (χ2n) is 7.25. The highest BCUT2D eigenvalue weighted by Gasteiger charge is 2.32. The molecule has 0 unspecified atom stereocenters. The lowest BCUT2D eigenvalue weighted by atomic mass is 9.94. The Bertz CT molecular complexity index is 694. The summed E-state index contributed by atoms with van der Waals surface area (Å²) in [6.45, 7) is 1.94. The lowest BCUT2D eigenvalue weighted by Gasteiger charge is -2.30. The highest BCUT2D eigenvalue weighted by atomic mass is 16.3. The van der Waals surface area contributed by atoms with E-state index in [1.807, 2.05) is 77.3 Å². The van der Waals surface area contributed by atoms with Crippen molar-refractivity contribution < 1.29 is 9.90 Å². The van der Waals surface area contributed by atoms with Gasteiger partial charge in [-0.3, -0.25) is 4.79 Å². The molecule has 0 bridgehead atoms. The Morgan fingerprint density at radius 1 is 1.12 bits per heavy atom. The van der Waals surface area contributed by atoms with Crippen LogP contribution < -0.4 is 0 Å². The molecule has 2 aromatic rings. The van der Waals surface area contributed by atoms with E-state index in [0.29, 0.717) is 31.6 Å². The van der Waals surface area contributed by atoms with E-state index < -0.39 is 5.60 Å². The van der Waals surface area contributed by atoms with E-state index in [0.717, 1.165) is 18.5 Å². The largest absolute Gasteiger partial charge is 0.388 e. The Balaban J connectivity index is 1.67. The molecular weight excluding hydrogens is 314 g/mol. The van der Waals surface area contributed by atoms with Gasteiger partial charge in [0.2, 0.25) is 0 Å². The van der Waals surface area contributed by atoms with Crippen LogP contribution in [0.25, 0.3) is 5.69 Å². The molecule has 1 saturated heterocycles. The lowest BCUT2D eigenvalue weighted by molar-refractivity contribution is 0.00305. The van der Waals surface area contributed by atoms with Crippen molar-refractivity contribution in [1.82, 2.24) is 14.4 Å². The maximum Gasteiger partial charge on any atom is 0.253 e.